The maximum atomic E-state index is 11.8. The normalized spacial score (nSPS) is 18.7. The smallest absolute Gasteiger partial charge is 0.228 e. The Morgan fingerprint density at radius 3 is 2.70 bits per heavy atom. The molecule has 8 heteroatoms. The van der Waals surface area contributed by atoms with E-state index in [0.717, 1.165) is 24.6 Å². The van der Waals surface area contributed by atoms with Crippen LogP contribution in [0, 0.1) is 0 Å². The second kappa shape index (κ2) is 7.00. The van der Waals surface area contributed by atoms with Crippen LogP contribution in [0.2, 0.25) is 0 Å². The van der Waals surface area contributed by atoms with E-state index in [-0.39, 0.29) is 23.5 Å². The monoisotopic (exact) mass is 342 g/mol. The van der Waals surface area contributed by atoms with Gasteiger partial charge in [-0.15, -0.1) is 0 Å². The molecule has 0 aromatic carbocycles. The maximum Gasteiger partial charge on any atom is 0.228 e. The molecule has 1 unspecified atom stereocenters. The highest BCUT2D eigenvalue weighted by molar-refractivity contribution is 7.91. The molecule has 1 aromatic rings. The third kappa shape index (κ3) is 4.32. The van der Waals surface area contributed by atoms with Gasteiger partial charge >= 0.3 is 0 Å². The first kappa shape index (κ1) is 17.9. The van der Waals surface area contributed by atoms with Crippen LogP contribution in [0.1, 0.15) is 31.4 Å². The number of carbonyl (C=O) groups is 1. The van der Waals surface area contributed by atoms with Crippen molar-refractivity contribution in [2.45, 2.75) is 32.9 Å². The maximum absolute atomic E-state index is 11.8. The van der Waals surface area contributed by atoms with Crippen molar-refractivity contribution in [1.29, 1.82) is 0 Å². The van der Waals surface area contributed by atoms with E-state index in [4.69, 9.17) is 0 Å². The second-order valence-corrected chi connectivity index (χ2v) is 8.67. The van der Waals surface area contributed by atoms with Crippen LogP contribution in [-0.4, -0.2) is 72.4 Å². The first-order valence-corrected chi connectivity index (χ1v) is 9.76. The van der Waals surface area contributed by atoms with Crippen LogP contribution in [0.25, 0.3) is 0 Å². The number of hydrogen-bond donors (Lipinski definition) is 0. The number of carbonyl (C=O) groups excluding carboxylic acids is 1. The van der Waals surface area contributed by atoms with Crippen LogP contribution >= 0.6 is 0 Å². The molecule has 0 fully saturated rings. The van der Waals surface area contributed by atoms with E-state index >= 15 is 0 Å². The fourth-order valence-electron chi connectivity index (χ4n) is 2.70. The topological polar surface area (TPSA) is 75.5 Å². The van der Waals surface area contributed by atoms with Gasteiger partial charge in [-0.3, -0.25) is 9.69 Å². The van der Waals surface area contributed by atoms with E-state index in [0.29, 0.717) is 13.0 Å². The highest BCUT2D eigenvalue weighted by atomic mass is 32.2. The predicted molar refractivity (Wildman–Crippen MR) is 88.9 cm³/mol. The molecule has 1 atom stereocenters. The van der Waals surface area contributed by atoms with Crippen LogP contribution in [0.5, 0.6) is 0 Å². The van der Waals surface area contributed by atoms with Crippen LogP contribution in [0.3, 0.4) is 0 Å². The van der Waals surface area contributed by atoms with Crippen LogP contribution in [-0.2, 0) is 27.6 Å². The summed E-state index contributed by atoms with van der Waals surface area (Å²) >= 11 is 0. The molecule has 2 rings (SSSR count). The van der Waals surface area contributed by atoms with Crippen molar-refractivity contribution >= 4 is 15.7 Å². The molecule has 2 heterocycles. The van der Waals surface area contributed by atoms with E-state index in [1.165, 1.54) is 0 Å². The fourth-order valence-corrected chi connectivity index (χ4v) is 3.50. The van der Waals surface area contributed by atoms with Crippen molar-refractivity contribution in [2.75, 3.05) is 38.7 Å². The van der Waals surface area contributed by atoms with Gasteiger partial charge in [-0.05, 0) is 6.92 Å². The molecule has 0 N–H and O–H groups in total. The molecule has 1 aliphatic heterocycles. The van der Waals surface area contributed by atoms with Crippen molar-refractivity contribution in [2.24, 2.45) is 0 Å². The Balaban J connectivity index is 2.06. The Kier molecular flexibility index (Phi) is 5.46. The lowest BCUT2D eigenvalue weighted by Crippen LogP contribution is -2.39. The van der Waals surface area contributed by atoms with Gasteiger partial charge in [0.25, 0.3) is 0 Å². The second-order valence-electron chi connectivity index (χ2n) is 6.20. The van der Waals surface area contributed by atoms with Gasteiger partial charge in [-0.1, -0.05) is 6.92 Å². The van der Waals surface area contributed by atoms with Gasteiger partial charge < -0.3 is 9.47 Å². The molecule has 0 radical (unpaired) electrons. The Bertz CT molecular complexity index is 666. The van der Waals surface area contributed by atoms with Crippen LogP contribution in [0.4, 0.5) is 0 Å². The molecule has 130 valence electrons. The first-order chi connectivity index (χ1) is 10.7. The van der Waals surface area contributed by atoms with Crippen LogP contribution < -0.4 is 0 Å². The summed E-state index contributed by atoms with van der Waals surface area (Å²) < 4.78 is 25.5. The van der Waals surface area contributed by atoms with Gasteiger partial charge in [-0.25, -0.2) is 13.4 Å². The summed E-state index contributed by atoms with van der Waals surface area (Å²) in [6.45, 7) is 5.81. The summed E-state index contributed by atoms with van der Waals surface area (Å²) in [6, 6.07) is 0.0546. The third-order valence-electron chi connectivity index (χ3n) is 4.37. The van der Waals surface area contributed by atoms with Gasteiger partial charge in [0.2, 0.25) is 5.91 Å². The molecule has 0 aliphatic carbocycles. The number of aromatic nitrogens is 2. The summed E-state index contributed by atoms with van der Waals surface area (Å²) in [5.74, 6) is 1.30. The number of amides is 1. The summed E-state index contributed by atoms with van der Waals surface area (Å²) in [7, 11) is 0.507. The number of fused-ring (bicyclic) bond motifs is 1. The molecular formula is C15H26N4O3S. The average molecular weight is 342 g/mol. The highest BCUT2D eigenvalue weighted by Crippen LogP contribution is 2.24. The molecule has 0 saturated heterocycles. The molecule has 1 amide bonds. The summed E-state index contributed by atoms with van der Waals surface area (Å²) in [6.07, 6.45) is 2.23. The van der Waals surface area contributed by atoms with E-state index in [9.17, 15) is 13.2 Å². The molecule has 0 bridgehead atoms. The van der Waals surface area contributed by atoms with E-state index in [1.807, 2.05) is 13.1 Å². The lowest BCUT2D eigenvalue weighted by Gasteiger charge is -2.33. The number of nitrogens with zero attached hydrogens (tertiary/aromatic N) is 4. The van der Waals surface area contributed by atoms with Gasteiger partial charge in [-0.2, -0.15) is 0 Å². The highest BCUT2D eigenvalue weighted by Gasteiger charge is 2.27. The molecular weight excluding hydrogens is 316 g/mol. The summed E-state index contributed by atoms with van der Waals surface area (Å²) in [5.41, 5.74) is 0.772. The summed E-state index contributed by atoms with van der Waals surface area (Å²) in [4.78, 5) is 20.1. The number of likely N-dealkylation sites (N-methyl/N-ethyl adjacent to an activating group) is 1. The summed E-state index contributed by atoms with van der Waals surface area (Å²) in [5, 5.41) is 0. The average Bonchev–Trinajstić information content (AvgIpc) is 2.90. The SMILES string of the molecule is CCS(=O)(=O)CCN1CCn2cc(CC(=O)N(C)C)nc2C1C. The molecule has 0 spiro atoms. The minimum Gasteiger partial charge on any atom is -0.348 e. The van der Waals surface area contributed by atoms with Crippen molar-refractivity contribution in [3.05, 3.63) is 17.7 Å². The minimum absolute atomic E-state index is 0.0268. The Labute approximate surface area is 138 Å². The van der Waals surface area contributed by atoms with E-state index in [2.05, 4.69) is 14.5 Å². The van der Waals surface area contributed by atoms with Crippen molar-refractivity contribution in [3.8, 4) is 0 Å². The fraction of sp³-hybridized carbons (Fsp3) is 0.733. The van der Waals surface area contributed by atoms with Crippen LogP contribution in [0.15, 0.2) is 6.20 Å². The molecule has 1 aliphatic rings. The van der Waals surface area contributed by atoms with Gasteiger partial charge in [0, 0.05) is 45.7 Å². The largest absolute Gasteiger partial charge is 0.348 e. The number of rotatable bonds is 6. The third-order valence-corrected chi connectivity index (χ3v) is 6.05. The van der Waals surface area contributed by atoms with E-state index in [1.54, 1.807) is 25.9 Å². The standard InChI is InChI=1S/C15H26N4O3S/c1-5-23(21,22)9-8-18-6-7-19-11-13(10-14(20)17(3)4)16-15(19)12(18)2/h11-12H,5-10H2,1-4H3. The lowest BCUT2D eigenvalue weighted by atomic mass is 10.2. The zero-order valence-corrected chi connectivity index (χ0v) is 15.1. The zero-order chi connectivity index (χ0) is 17.2. The van der Waals surface area contributed by atoms with E-state index < -0.39 is 9.84 Å². The minimum atomic E-state index is -2.96. The Hall–Kier alpha value is -1.41. The number of hydrogen-bond acceptors (Lipinski definition) is 5. The Morgan fingerprint density at radius 1 is 1.39 bits per heavy atom. The van der Waals surface area contributed by atoms with Crippen molar-refractivity contribution in [1.82, 2.24) is 19.4 Å². The Morgan fingerprint density at radius 2 is 2.09 bits per heavy atom. The van der Waals surface area contributed by atoms with Gasteiger partial charge in [0.1, 0.15) is 5.82 Å². The first-order valence-electron chi connectivity index (χ1n) is 7.94. The lowest BCUT2D eigenvalue weighted by molar-refractivity contribution is -0.128. The van der Waals surface area contributed by atoms with Crippen molar-refractivity contribution in [3.63, 3.8) is 0 Å². The molecule has 7 nitrogen and oxygen atoms in total. The number of sulfone groups is 1. The molecule has 23 heavy (non-hydrogen) atoms. The van der Waals surface area contributed by atoms with Crippen molar-refractivity contribution < 1.29 is 13.2 Å². The van der Waals surface area contributed by atoms with Gasteiger partial charge in [0.05, 0.1) is 23.9 Å². The predicted octanol–water partition coefficient (Wildman–Crippen LogP) is 0.325. The molecule has 1 aromatic heterocycles. The zero-order valence-electron chi connectivity index (χ0n) is 14.3. The quantitative estimate of drug-likeness (QED) is 0.744. The van der Waals surface area contributed by atoms with Gasteiger partial charge in [0.15, 0.2) is 9.84 Å². The molecule has 0 saturated carbocycles. The number of imidazole rings is 1.